The van der Waals surface area contributed by atoms with Crippen LogP contribution in [0.3, 0.4) is 0 Å². The number of Topliss-reactive ketones (excluding diaryl/α,β-unsaturated/α-hetero) is 1. The van der Waals surface area contributed by atoms with Crippen molar-refractivity contribution in [3.05, 3.63) is 82.3 Å². The van der Waals surface area contributed by atoms with Crippen LogP contribution in [0.25, 0.3) is 0 Å². The number of aliphatic hydroxyl groups is 1. The van der Waals surface area contributed by atoms with Gasteiger partial charge in [0, 0.05) is 47.5 Å². The molecule has 19 heteroatoms. The van der Waals surface area contributed by atoms with Gasteiger partial charge < -0.3 is 15.1 Å². The van der Waals surface area contributed by atoms with Gasteiger partial charge in [0.15, 0.2) is 5.71 Å². The van der Waals surface area contributed by atoms with E-state index in [4.69, 9.17) is 5.11 Å². The number of fused-ring (bicyclic) bond motifs is 2. The SMILES string of the molecule is CC1(C)C(C=C2C(=O)C(/C=C3/N(CCCCCC(=O)O)c4ccc(S(=O)(=O)O)cc4C3(C)C)=C2O)=[N+](CC(=O)NS(C)(=O)=O)c2ccc(S(=O)(=O)O)cc21. The number of unbranched alkanes of at least 4 members (excludes halogenated alkanes) is 2. The number of hydrogen-bond acceptors (Lipinski definition) is 11. The molecule has 0 atom stereocenters. The number of nitrogens with one attached hydrogen (secondary N) is 1. The van der Waals surface area contributed by atoms with E-state index < -0.39 is 75.9 Å². The normalized spacial score (nSPS) is 19.3. The molecule has 290 valence electrons. The first-order valence-electron chi connectivity index (χ1n) is 16.6. The molecule has 0 fully saturated rings. The summed E-state index contributed by atoms with van der Waals surface area (Å²) in [6, 6.07) is 7.75. The topological polar surface area (TPSA) is 253 Å². The number of ketones is 1. The molecule has 0 aromatic heterocycles. The van der Waals surface area contributed by atoms with Gasteiger partial charge in [-0.3, -0.25) is 23.5 Å². The predicted octanol–water partition coefficient (Wildman–Crippen LogP) is 3.28. The van der Waals surface area contributed by atoms with E-state index in [0.717, 1.165) is 12.3 Å². The maximum absolute atomic E-state index is 13.9. The lowest BCUT2D eigenvalue weighted by molar-refractivity contribution is -0.425. The molecule has 0 bridgehead atoms. The number of allylic oxidation sites excluding steroid dienone is 5. The summed E-state index contributed by atoms with van der Waals surface area (Å²) in [4.78, 5) is 38.8. The highest BCUT2D eigenvalue weighted by atomic mass is 32.2. The molecule has 1 aliphatic carbocycles. The Bertz CT molecular complexity index is 2480. The Labute approximate surface area is 312 Å². The highest BCUT2D eigenvalue weighted by Gasteiger charge is 2.48. The zero-order valence-electron chi connectivity index (χ0n) is 29.9. The van der Waals surface area contributed by atoms with E-state index in [9.17, 15) is 53.8 Å². The molecular formula is C35H40N3O13S3+. The van der Waals surface area contributed by atoms with Crippen molar-refractivity contribution in [2.45, 2.75) is 74.0 Å². The van der Waals surface area contributed by atoms with Crippen molar-refractivity contribution in [2.75, 3.05) is 24.2 Å². The van der Waals surface area contributed by atoms with E-state index in [1.165, 1.54) is 47.1 Å². The van der Waals surface area contributed by atoms with Crippen molar-refractivity contribution >= 4 is 65.0 Å². The van der Waals surface area contributed by atoms with Crippen LogP contribution in [-0.2, 0) is 55.5 Å². The fourth-order valence-electron chi connectivity index (χ4n) is 7.05. The molecule has 0 spiro atoms. The average Bonchev–Trinajstić information content (AvgIpc) is 3.37. The largest absolute Gasteiger partial charge is 0.506 e. The number of amides is 1. The van der Waals surface area contributed by atoms with Crippen molar-refractivity contribution in [3.63, 3.8) is 0 Å². The number of hydrogen-bond donors (Lipinski definition) is 5. The highest BCUT2D eigenvalue weighted by molar-refractivity contribution is 7.89. The van der Waals surface area contributed by atoms with Crippen LogP contribution in [0.15, 0.2) is 80.9 Å². The van der Waals surface area contributed by atoms with Crippen LogP contribution < -0.4 is 9.62 Å². The zero-order chi connectivity index (χ0) is 40.3. The zero-order valence-corrected chi connectivity index (χ0v) is 32.4. The molecule has 0 radical (unpaired) electrons. The van der Waals surface area contributed by atoms with Crippen LogP contribution in [0, 0.1) is 0 Å². The number of rotatable bonds is 13. The summed E-state index contributed by atoms with van der Waals surface area (Å²) in [5.41, 5.74) is 0.0914. The summed E-state index contributed by atoms with van der Waals surface area (Å²) in [7, 11) is -13.2. The van der Waals surface area contributed by atoms with E-state index in [2.05, 4.69) is 0 Å². The van der Waals surface area contributed by atoms with E-state index in [1.807, 2.05) is 9.62 Å². The molecule has 2 aromatic carbocycles. The van der Waals surface area contributed by atoms with Crippen molar-refractivity contribution in [1.29, 1.82) is 0 Å². The van der Waals surface area contributed by atoms with E-state index in [1.54, 1.807) is 27.7 Å². The molecule has 1 amide bonds. The standard InChI is InChI=1S/C35H39N3O13S3/c1-34(2)24-15-20(53(46,47)48)10-12-26(24)37(14-8-6-7-9-31(40)41)28(34)17-22-32(42)23(33(22)43)18-29-35(3,4)25-16-21(54(49,50)51)11-13-27(25)38(29)19-30(39)36-52(5,44)45/h10-13,15-18H,6-9,14,19H2,1-5H3,(H4-,36,39,40,41,42,43,46,47,48,49,50,51)/p+1. The van der Waals surface area contributed by atoms with Gasteiger partial charge in [-0.05, 0) is 68.7 Å². The fourth-order valence-corrected chi connectivity index (χ4v) is 8.54. The van der Waals surface area contributed by atoms with Gasteiger partial charge in [-0.2, -0.15) is 21.4 Å². The van der Waals surface area contributed by atoms with Crippen molar-refractivity contribution in [3.8, 4) is 0 Å². The Kier molecular flexibility index (Phi) is 10.4. The smallest absolute Gasteiger partial charge is 0.303 e. The van der Waals surface area contributed by atoms with Crippen LogP contribution in [0.1, 0.15) is 64.5 Å². The van der Waals surface area contributed by atoms with Gasteiger partial charge in [0.1, 0.15) is 5.76 Å². The van der Waals surface area contributed by atoms with Crippen LogP contribution in [0.5, 0.6) is 0 Å². The molecule has 2 aliphatic heterocycles. The van der Waals surface area contributed by atoms with Gasteiger partial charge >= 0.3 is 5.97 Å². The number of carboxylic acid groups (broad SMARTS) is 1. The highest BCUT2D eigenvalue weighted by Crippen LogP contribution is 2.50. The molecular weight excluding hydrogens is 767 g/mol. The Balaban J connectivity index is 1.60. The Hall–Kier alpha value is -4.69. The van der Waals surface area contributed by atoms with E-state index in [-0.39, 0.29) is 33.9 Å². The maximum Gasteiger partial charge on any atom is 0.303 e. The second-order valence-corrected chi connectivity index (χ2v) is 19.0. The summed E-state index contributed by atoms with van der Waals surface area (Å²) in [6.45, 7) is 6.63. The van der Waals surface area contributed by atoms with Gasteiger partial charge in [0.05, 0.1) is 32.6 Å². The minimum absolute atomic E-state index is 0.0186. The second-order valence-electron chi connectivity index (χ2n) is 14.4. The number of sulfonamides is 1. The first-order valence-corrected chi connectivity index (χ1v) is 21.3. The minimum atomic E-state index is -4.65. The summed E-state index contributed by atoms with van der Waals surface area (Å²) >= 11 is 0. The number of anilines is 1. The van der Waals surface area contributed by atoms with Gasteiger partial charge in [-0.25, -0.2) is 13.1 Å². The number of carbonyl (C=O) groups excluding carboxylic acids is 2. The summed E-state index contributed by atoms with van der Waals surface area (Å²) in [5, 5.41) is 20.4. The second kappa shape index (κ2) is 13.9. The third kappa shape index (κ3) is 7.76. The van der Waals surface area contributed by atoms with Crippen molar-refractivity contribution < 1.29 is 63.5 Å². The van der Waals surface area contributed by atoms with Gasteiger partial charge in [0.2, 0.25) is 28.0 Å². The minimum Gasteiger partial charge on any atom is -0.506 e. The van der Waals surface area contributed by atoms with Gasteiger partial charge in [-0.15, -0.1) is 0 Å². The molecule has 0 unspecified atom stereocenters. The maximum atomic E-state index is 13.9. The van der Waals surface area contributed by atoms with E-state index >= 15 is 0 Å². The van der Waals surface area contributed by atoms with Crippen LogP contribution in [0.4, 0.5) is 11.4 Å². The molecule has 5 N–H and O–H groups in total. The number of aliphatic carboxylic acids is 1. The van der Waals surface area contributed by atoms with Gasteiger partial charge in [-0.1, -0.05) is 20.3 Å². The molecule has 16 nitrogen and oxygen atoms in total. The number of carboxylic acids is 1. The molecule has 2 aromatic rings. The van der Waals surface area contributed by atoms with Crippen molar-refractivity contribution in [1.82, 2.24) is 4.72 Å². The predicted molar refractivity (Wildman–Crippen MR) is 196 cm³/mol. The average molecular weight is 807 g/mol. The molecule has 0 saturated carbocycles. The number of nitrogens with zero attached hydrogens (tertiary/aromatic N) is 2. The number of benzene rings is 2. The fraction of sp³-hybridized carbons (Fsp3) is 0.371. The molecule has 5 rings (SSSR count). The molecule has 2 heterocycles. The molecule has 0 saturated heterocycles. The Morgan fingerprint density at radius 3 is 2.00 bits per heavy atom. The first-order chi connectivity index (χ1) is 24.7. The first kappa shape index (κ1) is 40.5. The third-order valence-electron chi connectivity index (χ3n) is 9.76. The summed E-state index contributed by atoms with van der Waals surface area (Å²) in [5.74, 6) is -2.89. The molecule has 3 aliphatic rings. The quantitative estimate of drug-likeness (QED) is 0.0844. The lowest BCUT2D eigenvalue weighted by Crippen LogP contribution is -2.37. The lowest BCUT2D eigenvalue weighted by Gasteiger charge is -2.29. The van der Waals surface area contributed by atoms with Crippen LogP contribution in [-0.4, -0.2) is 91.9 Å². The van der Waals surface area contributed by atoms with Crippen molar-refractivity contribution in [2.24, 2.45) is 0 Å². The van der Waals surface area contributed by atoms with Gasteiger partial charge in [0.25, 0.3) is 26.1 Å². The Morgan fingerprint density at radius 1 is 0.852 bits per heavy atom. The third-order valence-corrected chi connectivity index (χ3v) is 12.1. The van der Waals surface area contributed by atoms with Crippen LogP contribution in [0.2, 0.25) is 0 Å². The monoisotopic (exact) mass is 806 g/mol. The number of aliphatic hydroxyl groups excluding tert-OH is 1. The lowest BCUT2D eigenvalue weighted by atomic mass is 9.77. The Morgan fingerprint density at radius 2 is 1.44 bits per heavy atom. The summed E-state index contributed by atoms with van der Waals surface area (Å²) < 4.78 is 94.4. The van der Waals surface area contributed by atoms with Crippen LogP contribution >= 0.6 is 0 Å². The van der Waals surface area contributed by atoms with E-state index in [0.29, 0.717) is 48.3 Å². The summed E-state index contributed by atoms with van der Waals surface area (Å²) in [6.07, 6.45) is 5.08. The number of carbonyl (C=O) groups is 3. The molecule has 54 heavy (non-hydrogen) atoms.